The molecule has 3 heterocycles. The highest BCUT2D eigenvalue weighted by atomic mass is 32.2. The lowest BCUT2D eigenvalue weighted by Crippen LogP contribution is -2.40. The van der Waals surface area contributed by atoms with Crippen molar-refractivity contribution in [1.29, 1.82) is 0 Å². The molecule has 212 valence electrons. The molecule has 5 rings (SSSR count). The van der Waals surface area contributed by atoms with Crippen LogP contribution in [0.25, 0.3) is 0 Å². The average molecular weight is 565 g/mol. The molecular formula is C26H34F2N6O4S. The zero-order valence-corrected chi connectivity index (χ0v) is 22.7. The zero-order chi connectivity index (χ0) is 27.8. The van der Waals surface area contributed by atoms with Crippen molar-refractivity contribution in [2.75, 3.05) is 54.4 Å². The van der Waals surface area contributed by atoms with Gasteiger partial charge < -0.3 is 20.2 Å². The first-order chi connectivity index (χ1) is 18.5. The second-order valence-electron chi connectivity index (χ2n) is 10.8. The van der Waals surface area contributed by atoms with Gasteiger partial charge >= 0.3 is 0 Å². The van der Waals surface area contributed by atoms with Crippen molar-refractivity contribution in [2.45, 2.75) is 56.3 Å². The third kappa shape index (κ3) is 6.30. The van der Waals surface area contributed by atoms with Crippen LogP contribution in [-0.4, -0.2) is 74.7 Å². The Bertz CT molecular complexity index is 1330. The summed E-state index contributed by atoms with van der Waals surface area (Å²) in [7, 11) is -3.88. The fourth-order valence-corrected chi connectivity index (χ4v) is 6.31. The average Bonchev–Trinajstić information content (AvgIpc) is 3.65. The number of amides is 1. The van der Waals surface area contributed by atoms with Crippen molar-refractivity contribution in [1.82, 2.24) is 14.7 Å². The Morgan fingerprint density at radius 3 is 2.31 bits per heavy atom. The van der Waals surface area contributed by atoms with E-state index in [1.54, 1.807) is 17.9 Å². The van der Waals surface area contributed by atoms with Crippen LogP contribution in [0.2, 0.25) is 0 Å². The second kappa shape index (κ2) is 10.6. The second-order valence-corrected chi connectivity index (χ2v) is 12.5. The van der Waals surface area contributed by atoms with Gasteiger partial charge in [-0.3, -0.25) is 4.79 Å². The third-order valence-electron chi connectivity index (χ3n) is 7.91. The number of aliphatic hydroxyl groups excluding tert-OH is 1. The lowest BCUT2D eigenvalue weighted by atomic mass is 9.93. The normalized spacial score (nSPS) is 20.2. The Hall–Kier alpha value is -2.90. The lowest BCUT2D eigenvalue weighted by Gasteiger charge is -2.35. The van der Waals surface area contributed by atoms with Crippen LogP contribution in [-0.2, 0) is 10.0 Å². The molecule has 1 spiro atoms. The number of aromatic nitrogens is 2. The molecule has 2 saturated heterocycles. The number of alkyl halides is 2. The SMILES string of the molecule is Cc1cc(NC(=O)c2ccc(S(=O)(=O)NCCO)cc2N2CCC3(CC2)CC3)nc(N2CCC(F)(F)CC2)n1. The molecule has 0 atom stereocenters. The Labute approximate surface area is 226 Å². The molecule has 3 aliphatic rings. The van der Waals surface area contributed by atoms with Gasteiger partial charge in [0, 0.05) is 57.3 Å². The molecule has 0 bridgehead atoms. The number of benzene rings is 1. The summed E-state index contributed by atoms with van der Waals surface area (Å²) in [5.74, 6) is -2.64. The monoisotopic (exact) mass is 564 g/mol. The summed E-state index contributed by atoms with van der Waals surface area (Å²) >= 11 is 0. The first kappa shape index (κ1) is 27.7. The van der Waals surface area contributed by atoms with E-state index in [-0.39, 0.29) is 55.7 Å². The molecule has 3 N–H and O–H groups in total. The molecule has 1 aliphatic carbocycles. The number of hydrogen-bond acceptors (Lipinski definition) is 8. The number of carbonyl (C=O) groups excluding carboxylic acids is 1. The van der Waals surface area contributed by atoms with Gasteiger partial charge in [0.25, 0.3) is 11.8 Å². The van der Waals surface area contributed by atoms with Gasteiger partial charge in [-0.1, -0.05) is 0 Å². The van der Waals surface area contributed by atoms with Gasteiger partial charge in [0.05, 0.1) is 22.8 Å². The Kier molecular flexibility index (Phi) is 7.51. The van der Waals surface area contributed by atoms with Crippen LogP contribution in [0.4, 0.5) is 26.2 Å². The number of halogens is 2. The predicted molar refractivity (Wildman–Crippen MR) is 143 cm³/mol. The summed E-state index contributed by atoms with van der Waals surface area (Å²) in [5.41, 5.74) is 1.78. The molecule has 1 aromatic carbocycles. The molecule has 39 heavy (non-hydrogen) atoms. The highest BCUT2D eigenvalue weighted by molar-refractivity contribution is 7.89. The molecule has 13 heteroatoms. The zero-order valence-electron chi connectivity index (χ0n) is 21.9. The van der Waals surface area contributed by atoms with E-state index in [1.165, 1.54) is 31.0 Å². The quantitative estimate of drug-likeness (QED) is 0.447. The highest BCUT2D eigenvalue weighted by Gasteiger charge is 2.44. The standard InChI is InChI=1S/C26H34F2N6O4S/c1-18-16-22(32-24(30-18)34-13-8-26(27,28)9-14-34)31-23(36)20-3-2-19(39(37,38)29-10-15-35)17-21(20)33-11-6-25(4-5-25)7-12-33/h2-3,16-17,29,35H,4-15H2,1H3,(H,30,31,32,36). The Balaban J connectivity index is 1.40. The van der Waals surface area contributed by atoms with E-state index < -0.39 is 21.9 Å². The van der Waals surface area contributed by atoms with Crippen molar-refractivity contribution >= 4 is 33.4 Å². The van der Waals surface area contributed by atoms with E-state index in [2.05, 4.69) is 20.0 Å². The molecule has 1 aromatic heterocycles. The summed E-state index contributed by atoms with van der Waals surface area (Å²) in [5, 5.41) is 11.9. The van der Waals surface area contributed by atoms with Crippen molar-refractivity contribution in [3.63, 3.8) is 0 Å². The van der Waals surface area contributed by atoms with Crippen molar-refractivity contribution < 1.29 is 27.1 Å². The lowest BCUT2D eigenvalue weighted by molar-refractivity contribution is -0.0222. The van der Waals surface area contributed by atoms with Gasteiger partial charge in [-0.2, -0.15) is 4.98 Å². The number of rotatable bonds is 8. The van der Waals surface area contributed by atoms with Crippen LogP contribution < -0.4 is 19.8 Å². The molecule has 0 radical (unpaired) electrons. The fraction of sp³-hybridized carbons (Fsp3) is 0.577. The molecule has 1 amide bonds. The summed E-state index contributed by atoms with van der Waals surface area (Å²) in [6.07, 6.45) is 3.81. The molecule has 3 fully saturated rings. The van der Waals surface area contributed by atoms with Crippen LogP contribution in [0, 0.1) is 12.3 Å². The number of piperidine rings is 2. The maximum atomic E-state index is 13.6. The Morgan fingerprint density at radius 1 is 1.00 bits per heavy atom. The smallest absolute Gasteiger partial charge is 0.258 e. The number of anilines is 3. The topological polar surface area (TPSA) is 128 Å². The highest BCUT2D eigenvalue weighted by Crippen LogP contribution is 2.54. The fourth-order valence-electron chi connectivity index (χ4n) is 5.27. The van der Waals surface area contributed by atoms with Crippen LogP contribution >= 0.6 is 0 Å². The van der Waals surface area contributed by atoms with E-state index in [0.717, 1.165) is 12.8 Å². The number of nitrogens with zero attached hydrogens (tertiary/aromatic N) is 4. The predicted octanol–water partition coefficient (Wildman–Crippen LogP) is 2.92. The van der Waals surface area contributed by atoms with Gasteiger partial charge in [-0.15, -0.1) is 0 Å². The van der Waals surface area contributed by atoms with Crippen LogP contribution in [0.3, 0.4) is 0 Å². The summed E-state index contributed by atoms with van der Waals surface area (Å²) in [6.45, 7) is 2.95. The molecular weight excluding hydrogens is 530 g/mol. The largest absolute Gasteiger partial charge is 0.395 e. The summed E-state index contributed by atoms with van der Waals surface area (Å²) < 4.78 is 55.1. The first-order valence-electron chi connectivity index (χ1n) is 13.3. The van der Waals surface area contributed by atoms with E-state index in [1.807, 2.05) is 4.90 Å². The van der Waals surface area contributed by atoms with E-state index >= 15 is 0 Å². The maximum Gasteiger partial charge on any atom is 0.258 e. The number of hydrogen-bond donors (Lipinski definition) is 3. The molecule has 10 nitrogen and oxygen atoms in total. The van der Waals surface area contributed by atoms with Gasteiger partial charge in [0.15, 0.2) is 0 Å². The van der Waals surface area contributed by atoms with Crippen molar-refractivity contribution in [2.24, 2.45) is 5.41 Å². The molecule has 0 unspecified atom stereocenters. The minimum atomic E-state index is -3.88. The van der Waals surface area contributed by atoms with Crippen molar-refractivity contribution in [3.05, 3.63) is 35.5 Å². The molecule has 2 aromatic rings. The summed E-state index contributed by atoms with van der Waals surface area (Å²) in [4.78, 5) is 26.1. The van der Waals surface area contributed by atoms with E-state index in [4.69, 9.17) is 5.11 Å². The third-order valence-corrected chi connectivity index (χ3v) is 9.37. The van der Waals surface area contributed by atoms with Gasteiger partial charge in [0.2, 0.25) is 16.0 Å². The number of aryl methyl sites for hydroxylation is 1. The minimum absolute atomic E-state index is 0.0104. The van der Waals surface area contributed by atoms with Gasteiger partial charge in [-0.05, 0) is 56.2 Å². The van der Waals surface area contributed by atoms with E-state index in [9.17, 15) is 22.0 Å². The number of sulfonamides is 1. The molecule has 1 saturated carbocycles. The van der Waals surface area contributed by atoms with Gasteiger partial charge in [0.1, 0.15) is 5.82 Å². The van der Waals surface area contributed by atoms with Crippen LogP contribution in [0.15, 0.2) is 29.2 Å². The van der Waals surface area contributed by atoms with Crippen LogP contribution in [0.1, 0.15) is 54.6 Å². The Morgan fingerprint density at radius 2 is 1.67 bits per heavy atom. The number of aliphatic hydroxyl groups is 1. The van der Waals surface area contributed by atoms with Crippen LogP contribution in [0.5, 0.6) is 0 Å². The maximum absolute atomic E-state index is 13.6. The minimum Gasteiger partial charge on any atom is -0.395 e. The number of carbonyl (C=O) groups is 1. The molecule has 2 aliphatic heterocycles. The first-order valence-corrected chi connectivity index (χ1v) is 14.8. The number of nitrogens with one attached hydrogen (secondary N) is 2. The van der Waals surface area contributed by atoms with E-state index in [0.29, 0.717) is 35.4 Å². The van der Waals surface area contributed by atoms with Gasteiger partial charge in [-0.25, -0.2) is 26.9 Å². The van der Waals surface area contributed by atoms with Crippen molar-refractivity contribution in [3.8, 4) is 0 Å². The summed E-state index contributed by atoms with van der Waals surface area (Å²) in [6, 6.07) is 5.97.